The highest BCUT2D eigenvalue weighted by atomic mass is 32.2. The molecule has 0 saturated heterocycles. The smallest absolute Gasteiger partial charge is 0.279 e. The van der Waals surface area contributed by atoms with Crippen molar-refractivity contribution in [2.45, 2.75) is 24.0 Å². The van der Waals surface area contributed by atoms with Crippen LogP contribution in [0.25, 0.3) is 21.0 Å². The molecule has 4 aromatic rings. The summed E-state index contributed by atoms with van der Waals surface area (Å²) in [6, 6.07) is 18.3. The topological polar surface area (TPSA) is 68.5 Å². The van der Waals surface area contributed by atoms with Gasteiger partial charge in [-0.25, -0.2) is 8.42 Å². The molecule has 0 N–H and O–H groups in total. The highest BCUT2D eigenvalue weighted by Gasteiger charge is 2.20. The SMILES string of the molecule is CC(C)S(=O)(=O)c1cccc(C(=O)N=c2sc3ccc4ccccc4c3n2C)c1. The minimum absolute atomic E-state index is 0.139. The molecule has 0 radical (unpaired) electrons. The van der Waals surface area contributed by atoms with E-state index in [9.17, 15) is 13.2 Å². The van der Waals surface area contributed by atoms with Crippen LogP contribution in [0.3, 0.4) is 0 Å². The van der Waals surface area contributed by atoms with Gasteiger partial charge in [-0.3, -0.25) is 4.79 Å². The van der Waals surface area contributed by atoms with Crippen LogP contribution in [0, 0.1) is 0 Å². The van der Waals surface area contributed by atoms with Gasteiger partial charge in [0, 0.05) is 18.0 Å². The van der Waals surface area contributed by atoms with Crippen LogP contribution in [0.1, 0.15) is 24.2 Å². The van der Waals surface area contributed by atoms with Crippen LogP contribution in [0.15, 0.2) is 70.6 Å². The van der Waals surface area contributed by atoms with E-state index in [1.807, 2.05) is 29.8 Å². The Kier molecular flexibility index (Phi) is 4.88. The van der Waals surface area contributed by atoms with Crippen molar-refractivity contribution in [2.75, 3.05) is 0 Å². The molecule has 1 amide bonds. The molecular weight excluding hydrogens is 404 g/mol. The zero-order valence-electron chi connectivity index (χ0n) is 16.3. The van der Waals surface area contributed by atoms with Crippen LogP contribution >= 0.6 is 11.3 Å². The molecule has 0 aliphatic rings. The molecule has 0 saturated carbocycles. The highest BCUT2D eigenvalue weighted by molar-refractivity contribution is 7.92. The quantitative estimate of drug-likeness (QED) is 0.492. The number of sulfone groups is 1. The second kappa shape index (κ2) is 7.24. The van der Waals surface area contributed by atoms with E-state index < -0.39 is 21.0 Å². The number of hydrogen-bond donors (Lipinski definition) is 0. The van der Waals surface area contributed by atoms with Gasteiger partial charge in [0.2, 0.25) is 0 Å². The molecule has 1 aromatic heterocycles. The van der Waals surface area contributed by atoms with Crippen molar-refractivity contribution >= 4 is 48.1 Å². The monoisotopic (exact) mass is 424 g/mol. The van der Waals surface area contributed by atoms with Gasteiger partial charge in [0.15, 0.2) is 14.6 Å². The Morgan fingerprint density at radius 1 is 1.03 bits per heavy atom. The van der Waals surface area contributed by atoms with E-state index in [0.717, 1.165) is 21.0 Å². The van der Waals surface area contributed by atoms with Crippen molar-refractivity contribution in [1.82, 2.24) is 4.57 Å². The van der Waals surface area contributed by atoms with Crippen molar-refractivity contribution in [3.05, 3.63) is 71.0 Å². The van der Waals surface area contributed by atoms with E-state index in [-0.39, 0.29) is 10.5 Å². The van der Waals surface area contributed by atoms with Gasteiger partial charge in [0.25, 0.3) is 5.91 Å². The van der Waals surface area contributed by atoms with Gasteiger partial charge < -0.3 is 4.57 Å². The Hall–Kier alpha value is -2.77. The second-order valence-corrected chi connectivity index (χ2v) is 10.6. The number of carbonyl (C=O) groups excluding carboxylic acids is 1. The van der Waals surface area contributed by atoms with E-state index in [0.29, 0.717) is 4.80 Å². The molecular formula is C22H20N2O3S2. The van der Waals surface area contributed by atoms with Crippen molar-refractivity contribution in [3.63, 3.8) is 0 Å². The van der Waals surface area contributed by atoms with E-state index in [1.165, 1.54) is 23.5 Å². The summed E-state index contributed by atoms with van der Waals surface area (Å²) in [6.07, 6.45) is 0. The van der Waals surface area contributed by atoms with Crippen LogP contribution in [-0.2, 0) is 16.9 Å². The summed E-state index contributed by atoms with van der Waals surface area (Å²) in [5.41, 5.74) is 1.28. The number of carbonyl (C=O) groups is 1. The molecule has 0 fully saturated rings. The zero-order valence-corrected chi connectivity index (χ0v) is 17.9. The van der Waals surface area contributed by atoms with E-state index in [4.69, 9.17) is 0 Å². The minimum atomic E-state index is -3.46. The lowest BCUT2D eigenvalue weighted by Crippen LogP contribution is -2.15. The third-order valence-electron chi connectivity index (χ3n) is 4.91. The van der Waals surface area contributed by atoms with Gasteiger partial charge in [-0.15, -0.1) is 0 Å². The largest absolute Gasteiger partial charge is 0.319 e. The lowest BCUT2D eigenvalue weighted by atomic mass is 10.1. The number of benzene rings is 3. The van der Waals surface area contributed by atoms with Crippen molar-refractivity contribution in [2.24, 2.45) is 12.0 Å². The zero-order chi connectivity index (χ0) is 20.8. The molecule has 5 nitrogen and oxygen atoms in total. The third-order valence-corrected chi connectivity index (χ3v) is 8.16. The Bertz CT molecular complexity index is 1430. The molecule has 0 unspecified atom stereocenters. The fourth-order valence-electron chi connectivity index (χ4n) is 3.25. The Balaban J connectivity index is 1.83. The number of amides is 1. The van der Waals surface area contributed by atoms with Crippen molar-refractivity contribution in [1.29, 1.82) is 0 Å². The Morgan fingerprint density at radius 3 is 2.55 bits per heavy atom. The van der Waals surface area contributed by atoms with Gasteiger partial charge >= 0.3 is 0 Å². The first kappa shape index (κ1) is 19.5. The van der Waals surface area contributed by atoms with Gasteiger partial charge in [-0.2, -0.15) is 4.99 Å². The van der Waals surface area contributed by atoms with Crippen LogP contribution < -0.4 is 4.80 Å². The van der Waals surface area contributed by atoms with Crippen molar-refractivity contribution in [3.8, 4) is 0 Å². The van der Waals surface area contributed by atoms with Crippen LogP contribution in [-0.4, -0.2) is 24.1 Å². The fraction of sp³-hybridized carbons (Fsp3) is 0.182. The lowest BCUT2D eigenvalue weighted by molar-refractivity contribution is 0.0997. The summed E-state index contributed by atoms with van der Waals surface area (Å²) in [7, 11) is -1.57. The van der Waals surface area contributed by atoms with Crippen LogP contribution in [0.4, 0.5) is 0 Å². The predicted octanol–water partition coefficient (Wildman–Crippen LogP) is 4.32. The first-order valence-electron chi connectivity index (χ1n) is 9.19. The number of fused-ring (bicyclic) bond motifs is 3. The summed E-state index contributed by atoms with van der Waals surface area (Å²) in [5, 5.41) is 1.67. The molecule has 148 valence electrons. The van der Waals surface area contributed by atoms with E-state index in [2.05, 4.69) is 23.2 Å². The third kappa shape index (κ3) is 3.41. The van der Waals surface area contributed by atoms with E-state index in [1.54, 1.807) is 26.0 Å². The molecule has 1 heterocycles. The highest BCUT2D eigenvalue weighted by Crippen LogP contribution is 2.26. The fourth-order valence-corrected chi connectivity index (χ4v) is 5.39. The number of hydrogen-bond acceptors (Lipinski definition) is 4. The Labute approximate surface area is 172 Å². The van der Waals surface area contributed by atoms with Gasteiger partial charge in [-0.05, 0) is 43.5 Å². The summed E-state index contributed by atoms with van der Waals surface area (Å²) in [4.78, 5) is 17.8. The lowest BCUT2D eigenvalue weighted by Gasteiger charge is -2.08. The maximum atomic E-state index is 12.8. The van der Waals surface area contributed by atoms with Crippen LogP contribution in [0.2, 0.25) is 0 Å². The maximum Gasteiger partial charge on any atom is 0.279 e. The van der Waals surface area contributed by atoms with Crippen molar-refractivity contribution < 1.29 is 13.2 Å². The first-order chi connectivity index (χ1) is 13.8. The number of aryl methyl sites for hydroxylation is 1. The van der Waals surface area contributed by atoms with E-state index >= 15 is 0 Å². The first-order valence-corrected chi connectivity index (χ1v) is 11.6. The molecule has 7 heteroatoms. The maximum absolute atomic E-state index is 12.8. The number of rotatable bonds is 3. The molecule has 0 spiro atoms. The molecule has 3 aromatic carbocycles. The van der Waals surface area contributed by atoms with Gasteiger partial charge in [-0.1, -0.05) is 47.7 Å². The number of nitrogens with zero attached hydrogens (tertiary/aromatic N) is 2. The number of aromatic nitrogens is 1. The summed E-state index contributed by atoms with van der Waals surface area (Å²) >= 11 is 1.43. The Morgan fingerprint density at radius 2 is 1.79 bits per heavy atom. The summed E-state index contributed by atoms with van der Waals surface area (Å²) in [5.74, 6) is -0.461. The average Bonchev–Trinajstić information content (AvgIpc) is 3.03. The minimum Gasteiger partial charge on any atom is -0.319 e. The molecule has 0 aliphatic carbocycles. The van der Waals surface area contributed by atoms with Crippen LogP contribution in [0.5, 0.6) is 0 Å². The predicted molar refractivity (Wildman–Crippen MR) is 117 cm³/mol. The summed E-state index contributed by atoms with van der Waals surface area (Å²) < 4.78 is 27.8. The second-order valence-electron chi connectivity index (χ2n) is 7.12. The molecule has 0 atom stereocenters. The molecule has 29 heavy (non-hydrogen) atoms. The normalized spacial score (nSPS) is 12.9. The molecule has 4 rings (SSSR count). The average molecular weight is 425 g/mol. The van der Waals surface area contributed by atoms with Gasteiger partial charge in [0.05, 0.1) is 20.4 Å². The molecule has 0 bridgehead atoms. The summed E-state index contributed by atoms with van der Waals surface area (Å²) in [6.45, 7) is 3.24. The van der Waals surface area contributed by atoms with Gasteiger partial charge in [0.1, 0.15) is 0 Å². The standard InChI is InChI=1S/C22H20N2O3S2/c1-14(2)29(26,27)17-9-6-8-16(13-17)21(25)23-22-24(3)20-18-10-5-4-7-15(18)11-12-19(20)28-22/h4-14H,1-3H3. The number of thiazole rings is 1. The molecule has 0 aliphatic heterocycles.